The summed E-state index contributed by atoms with van der Waals surface area (Å²) in [6.07, 6.45) is 0.512. The Bertz CT molecular complexity index is 732. The number of aryl methyl sites for hydroxylation is 2. The Hall–Kier alpha value is -2.30. The van der Waals surface area contributed by atoms with Gasteiger partial charge in [0.05, 0.1) is 0 Å². The zero-order chi connectivity index (χ0) is 15.6. The zero-order valence-electron chi connectivity index (χ0n) is 12.9. The van der Waals surface area contributed by atoms with Crippen LogP contribution < -0.4 is 10.9 Å². The second-order valence-corrected chi connectivity index (χ2v) is 5.52. The van der Waals surface area contributed by atoms with Gasteiger partial charge in [0.2, 0.25) is 0 Å². The number of hydrogen-bond acceptors (Lipinski definition) is 2. The van der Waals surface area contributed by atoms with Crippen molar-refractivity contribution in [3.8, 4) is 0 Å². The van der Waals surface area contributed by atoms with Crippen LogP contribution in [0.15, 0.2) is 23.0 Å². The van der Waals surface area contributed by atoms with Gasteiger partial charge in [0, 0.05) is 31.7 Å². The van der Waals surface area contributed by atoms with Crippen LogP contribution in [-0.4, -0.2) is 36.6 Å². The Morgan fingerprint density at radius 3 is 2.52 bits per heavy atom. The SMILES string of the molecule is Cc1cc2cc(CCNC(=O)N(C)C)c(=O)[nH]c2cc1C. The molecule has 21 heavy (non-hydrogen) atoms. The van der Waals surface area contributed by atoms with Crippen molar-refractivity contribution in [1.29, 1.82) is 0 Å². The molecule has 5 nitrogen and oxygen atoms in total. The van der Waals surface area contributed by atoms with Crippen molar-refractivity contribution in [2.45, 2.75) is 20.3 Å². The first-order chi connectivity index (χ1) is 9.88. The molecule has 2 N–H and O–H groups in total. The maximum absolute atomic E-state index is 12.1. The van der Waals surface area contributed by atoms with Crippen LogP contribution in [0.4, 0.5) is 4.79 Å². The Labute approximate surface area is 124 Å². The Morgan fingerprint density at radius 1 is 1.19 bits per heavy atom. The van der Waals surface area contributed by atoms with E-state index in [0.717, 1.165) is 16.5 Å². The minimum Gasteiger partial charge on any atom is -0.338 e. The number of nitrogens with zero attached hydrogens (tertiary/aromatic N) is 1. The van der Waals surface area contributed by atoms with Gasteiger partial charge in [-0.2, -0.15) is 0 Å². The molecule has 0 aliphatic carbocycles. The van der Waals surface area contributed by atoms with Gasteiger partial charge in [-0.25, -0.2) is 4.79 Å². The van der Waals surface area contributed by atoms with E-state index >= 15 is 0 Å². The average Bonchev–Trinajstić information content (AvgIpc) is 2.41. The molecular formula is C16H21N3O2. The molecule has 0 atom stereocenters. The number of fused-ring (bicyclic) bond motifs is 1. The van der Waals surface area contributed by atoms with Gasteiger partial charge in [-0.3, -0.25) is 4.79 Å². The number of carbonyl (C=O) groups is 1. The fourth-order valence-corrected chi connectivity index (χ4v) is 2.17. The molecular weight excluding hydrogens is 266 g/mol. The highest BCUT2D eigenvalue weighted by molar-refractivity contribution is 5.80. The molecule has 0 saturated heterocycles. The first-order valence-electron chi connectivity index (χ1n) is 6.97. The number of amides is 2. The van der Waals surface area contributed by atoms with Crippen LogP contribution in [0.25, 0.3) is 10.9 Å². The van der Waals surface area contributed by atoms with E-state index in [1.807, 2.05) is 19.1 Å². The van der Waals surface area contributed by atoms with Crippen molar-refractivity contribution in [3.63, 3.8) is 0 Å². The number of H-pyrrole nitrogens is 1. The summed E-state index contributed by atoms with van der Waals surface area (Å²) in [6.45, 7) is 4.52. The number of nitrogens with one attached hydrogen (secondary N) is 2. The van der Waals surface area contributed by atoms with E-state index in [4.69, 9.17) is 0 Å². The zero-order valence-corrected chi connectivity index (χ0v) is 12.9. The third kappa shape index (κ3) is 3.42. The highest BCUT2D eigenvalue weighted by Gasteiger charge is 2.06. The molecule has 1 aromatic heterocycles. The second kappa shape index (κ2) is 5.99. The fraction of sp³-hybridized carbons (Fsp3) is 0.375. The van der Waals surface area contributed by atoms with Gasteiger partial charge in [0.15, 0.2) is 0 Å². The standard InChI is InChI=1S/C16H21N3O2/c1-10-7-13-9-12(5-6-17-16(21)19(3)4)15(20)18-14(13)8-11(10)2/h7-9H,5-6H2,1-4H3,(H,17,21)(H,18,20). The van der Waals surface area contributed by atoms with Gasteiger partial charge in [0.1, 0.15) is 0 Å². The van der Waals surface area contributed by atoms with E-state index in [2.05, 4.69) is 23.3 Å². The van der Waals surface area contributed by atoms with Crippen LogP contribution in [-0.2, 0) is 6.42 Å². The lowest BCUT2D eigenvalue weighted by Gasteiger charge is -2.12. The fourth-order valence-electron chi connectivity index (χ4n) is 2.17. The summed E-state index contributed by atoms with van der Waals surface area (Å²) in [6, 6.07) is 5.81. The van der Waals surface area contributed by atoms with Crippen LogP contribution in [0.1, 0.15) is 16.7 Å². The molecule has 5 heteroatoms. The molecule has 2 aromatic rings. The number of urea groups is 1. The summed E-state index contributed by atoms with van der Waals surface area (Å²) >= 11 is 0. The lowest BCUT2D eigenvalue weighted by atomic mass is 10.0. The normalized spacial score (nSPS) is 10.7. The summed E-state index contributed by atoms with van der Waals surface area (Å²) < 4.78 is 0. The Kier molecular flexibility index (Phi) is 4.31. The van der Waals surface area contributed by atoms with E-state index in [1.165, 1.54) is 10.5 Å². The topological polar surface area (TPSA) is 65.2 Å². The minimum absolute atomic E-state index is 0.0927. The predicted octanol–water partition coefficient (Wildman–Crippen LogP) is 1.96. The monoisotopic (exact) mass is 287 g/mol. The molecule has 0 saturated carbocycles. The molecule has 0 bridgehead atoms. The quantitative estimate of drug-likeness (QED) is 0.906. The summed E-state index contributed by atoms with van der Waals surface area (Å²) in [5.74, 6) is 0. The largest absolute Gasteiger partial charge is 0.338 e. The van der Waals surface area contributed by atoms with Crippen molar-refractivity contribution < 1.29 is 4.79 Å². The van der Waals surface area contributed by atoms with Crippen LogP contribution in [0.2, 0.25) is 0 Å². The van der Waals surface area contributed by atoms with Gasteiger partial charge in [-0.15, -0.1) is 0 Å². The van der Waals surface area contributed by atoms with Crippen LogP contribution in [0.3, 0.4) is 0 Å². The van der Waals surface area contributed by atoms with Crippen molar-refractivity contribution in [1.82, 2.24) is 15.2 Å². The number of pyridine rings is 1. The molecule has 2 amide bonds. The van der Waals surface area contributed by atoms with E-state index in [1.54, 1.807) is 14.1 Å². The highest BCUT2D eigenvalue weighted by Crippen LogP contribution is 2.17. The number of aromatic nitrogens is 1. The summed E-state index contributed by atoms with van der Waals surface area (Å²) in [7, 11) is 3.37. The lowest BCUT2D eigenvalue weighted by molar-refractivity contribution is 0.217. The van der Waals surface area contributed by atoms with E-state index < -0.39 is 0 Å². The van der Waals surface area contributed by atoms with Gasteiger partial charge in [-0.1, -0.05) is 0 Å². The number of hydrogen-bond donors (Lipinski definition) is 2. The highest BCUT2D eigenvalue weighted by atomic mass is 16.2. The van der Waals surface area contributed by atoms with Gasteiger partial charge in [-0.05, 0) is 55.0 Å². The Balaban J connectivity index is 2.21. The van der Waals surface area contributed by atoms with Crippen molar-refractivity contribution in [3.05, 3.63) is 45.2 Å². The van der Waals surface area contributed by atoms with Crippen LogP contribution in [0.5, 0.6) is 0 Å². The molecule has 0 unspecified atom stereocenters. The third-order valence-corrected chi connectivity index (χ3v) is 3.61. The van der Waals surface area contributed by atoms with Gasteiger partial charge in [0.25, 0.3) is 5.56 Å². The molecule has 0 fully saturated rings. The lowest BCUT2D eigenvalue weighted by Crippen LogP contribution is -2.36. The van der Waals surface area contributed by atoms with Crippen molar-refractivity contribution >= 4 is 16.9 Å². The molecule has 0 aliphatic rings. The average molecular weight is 287 g/mol. The van der Waals surface area contributed by atoms with E-state index in [9.17, 15) is 9.59 Å². The number of rotatable bonds is 3. The summed E-state index contributed by atoms with van der Waals surface area (Å²) in [5.41, 5.74) is 3.80. The smallest absolute Gasteiger partial charge is 0.316 e. The maximum atomic E-state index is 12.1. The van der Waals surface area contributed by atoms with Gasteiger partial charge < -0.3 is 15.2 Å². The molecule has 1 heterocycles. The first kappa shape index (κ1) is 15.1. The summed E-state index contributed by atoms with van der Waals surface area (Å²) in [5, 5.41) is 3.78. The maximum Gasteiger partial charge on any atom is 0.316 e. The molecule has 0 radical (unpaired) electrons. The molecule has 2 rings (SSSR count). The molecule has 112 valence electrons. The number of aromatic amines is 1. The predicted molar refractivity (Wildman–Crippen MR) is 84.8 cm³/mol. The molecule has 0 spiro atoms. The van der Waals surface area contributed by atoms with Crippen LogP contribution in [0, 0.1) is 13.8 Å². The van der Waals surface area contributed by atoms with Gasteiger partial charge >= 0.3 is 6.03 Å². The second-order valence-electron chi connectivity index (χ2n) is 5.52. The Morgan fingerprint density at radius 2 is 1.86 bits per heavy atom. The van der Waals surface area contributed by atoms with E-state index in [-0.39, 0.29) is 11.6 Å². The third-order valence-electron chi connectivity index (χ3n) is 3.61. The number of carbonyl (C=O) groups excluding carboxylic acids is 1. The minimum atomic E-state index is -0.154. The van der Waals surface area contributed by atoms with E-state index in [0.29, 0.717) is 18.5 Å². The molecule has 1 aromatic carbocycles. The van der Waals surface area contributed by atoms with Crippen molar-refractivity contribution in [2.24, 2.45) is 0 Å². The number of benzene rings is 1. The first-order valence-corrected chi connectivity index (χ1v) is 6.97. The van der Waals surface area contributed by atoms with Crippen molar-refractivity contribution in [2.75, 3.05) is 20.6 Å². The van der Waals surface area contributed by atoms with Crippen LogP contribution >= 0.6 is 0 Å². The molecule has 0 aliphatic heterocycles. The summed E-state index contributed by atoms with van der Waals surface area (Å²) in [4.78, 5) is 27.9.